The summed E-state index contributed by atoms with van der Waals surface area (Å²) in [6, 6.07) is 0.103. The van der Waals surface area contributed by atoms with Crippen molar-refractivity contribution in [3.8, 4) is 0 Å². The average molecular weight is 226 g/mol. The maximum atomic E-state index is 12.9. The maximum Gasteiger partial charge on any atom is 0.166 e. The number of halogens is 4. The van der Waals surface area contributed by atoms with Crippen LogP contribution in [0.15, 0.2) is 6.07 Å². The van der Waals surface area contributed by atoms with Crippen LogP contribution in [-0.4, -0.2) is 11.7 Å². The average Bonchev–Trinajstić information content (AvgIpc) is 2.15. The molecule has 1 rings (SSSR count). The highest BCUT2D eigenvalue weighted by atomic mass is 32.1. The van der Waals surface area contributed by atoms with Gasteiger partial charge < -0.3 is 5.11 Å². The van der Waals surface area contributed by atoms with Crippen molar-refractivity contribution >= 4 is 12.6 Å². The smallest absolute Gasteiger partial charge is 0.166 e. The molecule has 0 amide bonds. The largest absolute Gasteiger partial charge is 0.395 e. The van der Waals surface area contributed by atoms with Crippen molar-refractivity contribution < 1.29 is 22.7 Å². The minimum Gasteiger partial charge on any atom is -0.395 e. The SMILES string of the molecule is OCC(S)c1c(F)c(F)cc(F)c1F. The molecule has 0 fully saturated rings. The summed E-state index contributed by atoms with van der Waals surface area (Å²) < 4.78 is 51.1. The van der Waals surface area contributed by atoms with Gasteiger partial charge in [0.2, 0.25) is 0 Å². The van der Waals surface area contributed by atoms with Gasteiger partial charge in [0.25, 0.3) is 0 Å². The lowest BCUT2D eigenvalue weighted by atomic mass is 10.1. The summed E-state index contributed by atoms with van der Waals surface area (Å²) in [6.07, 6.45) is 0. The molecule has 0 aliphatic rings. The zero-order chi connectivity index (χ0) is 10.9. The fourth-order valence-corrected chi connectivity index (χ4v) is 1.20. The molecule has 78 valence electrons. The molecule has 14 heavy (non-hydrogen) atoms. The monoisotopic (exact) mass is 226 g/mol. The van der Waals surface area contributed by atoms with E-state index in [2.05, 4.69) is 12.6 Å². The molecule has 0 heterocycles. The van der Waals surface area contributed by atoms with Crippen molar-refractivity contribution in [2.24, 2.45) is 0 Å². The second kappa shape index (κ2) is 4.18. The van der Waals surface area contributed by atoms with E-state index in [1.807, 2.05) is 0 Å². The van der Waals surface area contributed by atoms with Crippen LogP contribution >= 0.6 is 12.6 Å². The van der Waals surface area contributed by atoms with Gasteiger partial charge in [0.05, 0.1) is 11.9 Å². The summed E-state index contributed by atoms with van der Waals surface area (Å²) >= 11 is 3.59. The molecule has 1 aromatic rings. The van der Waals surface area contributed by atoms with Crippen LogP contribution in [0.5, 0.6) is 0 Å². The zero-order valence-corrected chi connectivity index (χ0v) is 7.66. The lowest BCUT2D eigenvalue weighted by Gasteiger charge is -2.10. The minimum absolute atomic E-state index is 0.103. The molecular weight excluding hydrogens is 220 g/mol. The van der Waals surface area contributed by atoms with Crippen LogP contribution in [-0.2, 0) is 0 Å². The fraction of sp³-hybridized carbons (Fsp3) is 0.250. The third-order valence-corrected chi connectivity index (χ3v) is 2.07. The van der Waals surface area contributed by atoms with Gasteiger partial charge in [0, 0.05) is 11.6 Å². The molecule has 1 atom stereocenters. The normalized spacial score (nSPS) is 13.0. The Bertz CT molecular complexity index is 329. The van der Waals surface area contributed by atoms with Crippen LogP contribution in [0.2, 0.25) is 0 Å². The zero-order valence-electron chi connectivity index (χ0n) is 6.77. The van der Waals surface area contributed by atoms with Gasteiger partial charge in [-0.05, 0) is 0 Å². The Labute approximate surface area is 82.8 Å². The highest BCUT2D eigenvalue weighted by Crippen LogP contribution is 2.28. The third-order valence-electron chi connectivity index (χ3n) is 1.65. The van der Waals surface area contributed by atoms with Crippen molar-refractivity contribution in [3.05, 3.63) is 34.9 Å². The van der Waals surface area contributed by atoms with Crippen molar-refractivity contribution in [2.45, 2.75) is 5.25 Å². The Balaban J connectivity index is 3.39. The molecule has 1 unspecified atom stereocenters. The minimum atomic E-state index is -1.53. The topological polar surface area (TPSA) is 20.2 Å². The number of benzene rings is 1. The molecule has 0 saturated carbocycles. The van der Waals surface area contributed by atoms with Crippen LogP contribution in [0.3, 0.4) is 0 Å². The summed E-state index contributed by atoms with van der Waals surface area (Å²) in [5.41, 5.74) is -0.895. The van der Waals surface area contributed by atoms with Gasteiger partial charge in [0.1, 0.15) is 0 Å². The Morgan fingerprint density at radius 2 is 1.57 bits per heavy atom. The summed E-state index contributed by atoms with van der Waals surface area (Å²) in [6.45, 7) is -0.722. The lowest BCUT2D eigenvalue weighted by Crippen LogP contribution is -2.07. The third kappa shape index (κ3) is 1.85. The van der Waals surface area contributed by atoms with E-state index in [0.29, 0.717) is 0 Å². The molecular formula is C8H6F4OS. The summed E-state index contributed by atoms with van der Waals surface area (Å²) in [4.78, 5) is 0. The van der Waals surface area contributed by atoms with Crippen LogP contribution in [0.4, 0.5) is 17.6 Å². The Hall–Kier alpha value is -0.750. The van der Waals surface area contributed by atoms with Gasteiger partial charge in [-0.1, -0.05) is 0 Å². The van der Waals surface area contributed by atoms with E-state index >= 15 is 0 Å². The van der Waals surface area contributed by atoms with E-state index < -0.39 is 40.7 Å². The maximum absolute atomic E-state index is 12.9. The first-order chi connectivity index (χ1) is 6.49. The van der Waals surface area contributed by atoms with E-state index in [1.54, 1.807) is 0 Å². The van der Waals surface area contributed by atoms with Crippen LogP contribution in [0, 0.1) is 23.3 Å². The molecule has 1 nitrogen and oxygen atoms in total. The first-order valence-corrected chi connectivity index (χ1v) is 4.12. The van der Waals surface area contributed by atoms with Crippen LogP contribution in [0.25, 0.3) is 0 Å². The standard InChI is InChI=1S/C8H6F4OS/c9-3-1-4(10)8(12)6(7(3)11)5(14)2-13/h1,5,13-14H,2H2. The fourth-order valence-electron chi connectivity index (χ4n) is 0.975. The summed E-state index contributed by atoms with van der Waals surface area (Å²) in [7, 11) is 0. The predicted octanol–water partition coefficient (Wildman–Crippen LogP) is 2.21. The molecule has 1 N–H and O–H groups in total. The van der Waals surface area contributed by atoms with E-state index in [1.165, 1.54) is 0 Å². The highest BCUT2D eigenvalue weighted by molar-refractivity contribution is 7.80. The number of rotatable bonds is 2. The molecule has 1 aromatic carbocycles. The number of thiol groups is 1. The van der Waals surface area contributed by atoms with Gasteiger partial charge >= 0.3 is 0 Å². The van der Waals surface area contributed by atoms with Gasteiger partial charge in [0.15, 0.2) is 23.3 Å². The van der Waals surface area contributed by atoms with Crippen LogP contribution < -0.4 is 0 Å². The van der Waals surface area contributed by atoms with Gasteiger partial charge in [-0.3, -0.25) is 0 Å². The lowest BCUT2D eigenvalue weighted by molar-refractivity contribution is 0.290. The van der Waals surface area contributed by atoms with E-state index in [4.69, 9.17) is 5.11 Å². The first-order valence-electron chi connectivity index (χ1n) is 3.60. The number of aliphatic hydroxyl groups is 1. The first kappa shape index (κ1) is 11.3. The Morgan fingerprint density at radius 1 is 1.14 bits per heavy atom. The van der Waals surface area contributed by atoms with Crippen molar-refractivity contribution in [1.82, 2.24) is 0 Å². The van der Waals surface area contributed by atoms with E-state index in [9.17, 15) is 17.6 Å². The number of hydrogen-bond acceptors (Lipinski definition) is 2. The quantitative estimate of drug-likeness (QED) is 0.450. The Morgan fingerprint density at radius 3 is 1.93 bits per heavy atom. The second-order valence-corrected chi connectivity index (χ2v) is 3.20. The number of hydrogen-bond donors (Lipinski definition) is 2. The number of aliphatic hydroxyl groups excluding tert-OH is 1. The van der Waals surface area contributed by atoms with Crippen molar-refractivity contribution in [1.29, 1.82) is 0 Å². The summed E-state index contributed by atoms with van der Waals surface area (Å²) in [5, 5.41) is 7.27. The van der Waals surface area contributed by atoms with E-state index in [-0.39, 0.29) is 6.07 Å². The predicted molar refractivity (Wildman–Crippen MR) is 45.1 cm³/mol. The molecule has 6 heteroatoms. The van der Waals surface area contributed by atoms with Gasteiger partial charge in [-0.2, -0.15) is 12.6 Å². The molecule has 0 aliphatic heterocycles. The van der Waals surface area contributed by atoms with Gasteiger partial charge in [-0.25, -0.2) is 17.6 Å². The second-order valence-electron chi connectivity index (χ2n) is 2.58. The summed E-state index contributed by atoms with van der Waals surface area (Å²) in [5.74, 6) is -6.08. The Kier molecular flexibility index (Phi) is 3.38. The highest BCUT2D eigenvalue weighted by Gasteiger charge is 2.23. The molecule has 0 radical (unpaired) electrons. The van der Waals surface area contributed by atoms with Crippen molar-refractivity contribution in [3.63, 3.8) is 0 Å². The van der Waals surface area contributed by atoms with Crippen LogP contribution in [0.1, 0.15) is 10.8 Å². The molecule has 0 aromatic heterocycles. The van der Waals surface area contributed by atoms with Gasteiger partial charge in [-0.15, -0.1) is 0 Å². The molecule has 0 aliphatic carbocycles. The van der Waals surface area contributed by atoms with Crippen molar-refractivity contribution in [2.75, 3.05) is 6.61 Å². The molecule has 0 spiro atoms. The molecule has 0 saturated heterocycles. The van der Waals surface area contributed by atoms with E-state index in [0.717, 1.165) is 0 Å². The molecule has 0 bridgehead atoms.